The molecule has 0 spiro atoms. The highest BCUT2D eigenvalue weighted by Crippen LogP contribution is 2.19. The number of nitrogens with zero attached hydrogens (tertiary/aromatic N) is 3. The summed E-state index contributed by atoms with van der Waals surface area (Å²) in [6.07, 6.45) is -1.80. The third-order valence-corrected chi connectivity index (χ3v) is 4.61. The topological polar surface area (TPSA) is 61.7 Å². The minimum atomic E-state index is -4.16. The van der Waals surface area contributed by atoms with Gasteiger partial charge in [0.15, 0.2) is 5.96 Å². The van der Waals surface area contributed by atoms with Gasteiger partial charge in [0, 0.05) is 51.0 Å². The van der Waals surface area contributed by atoms with Crippen molar-refractivity contribution in [2.24, 2.45) is 4.99 Å². The summed E-state index contributed by atoms with van der Waals surface area (Å²) in [7, 11) is 1.64. The van der Waals surface area contributed by atoms with E-state index in [1.54, 1.807) is 23.7 Å². The molecule has 1 aliphatic heterocycles. The van der Waals surface area contributed by atoms with Gasteiger partial charge in [-0.15, -0.1) is 24.0 Å². The Hall–Kier alpha value is -1.30. The molecule has 160 valence electrons. The second-order valence-corrected chi connectivity index (χ2v) is 6.84. The molecule has 2 heterocycles. The van der Waals surface area contributed by atoms with Crippen LogP contribution in [0.3, 0.4) is 0 Å². The van der Waals surface area contributed by atoms with Gasteiger partial charge in [-0.25, -0.2) is 0 Å². The van der Waals surface area contributed by atoms with Crippen LogP contribution in [0.4, 0.5) is 13.2 Å². The highest BCUT2D eigenvalue weighted by molar-refractivity contribution is 14.0. The van der Waals surface area contributed by atoms with Crippen LogP contribution in [0.2, 0.25) is 0 Å². The van der Waals surface area contributed by atoms with Gasteiger partial charge in [0.25, 0.3) is 5.56 Å². The van der Waals surface area contributed by atoms with E-state index in [1.165, 1.54) is 4.90 Å². The van der Waals surface area contributed by atoms with Crippen molar-refractivity contribution in [3.63, 3.8) is 0 Å². The summed E-state index contributed by atoms with van der Waals surface area (Å²) in [6.45, 7) is 3.17. The number of hydrogen-bond donors (Lipinski definition) is 2. The summed E-state index contributed by atoms with van der Waals surface area (Å²) in [5.74, 6) is 0.599. The van der Waals surface area contributed by atoms with Gasteiger partial charge in [-0.1, -0.05) is 6.07 Å². The zero-order valence-corrected chi connectivity index (χ0v) is 18.6. The quantitative estimate of drug-likeness (QED) is 0.254. The Morgan fingerprint density at radius 2 is 2.07 bits per heavy atom. The lowest BCUT2D eigenvalue weighted by Gasteiger charge is -2.19. The molecule has 6 nitrogen and oxygen atoms in total. The number of likely N-dealkylation sites (tertiary alicyclic amines) is 1. The molecular weight excluding hydrogens is 486 g/mol. The molecule has 0 radical (unpaired) electrons. The van der Waals surface area contributed by atoms with Crippen LogP contribution in [0.5, 0.6) is 0 Å². The lowest BCUT2D eigenvalue weighted by molar-refractivity contribution is -0.143. The first kappa shape index (κ1) is 24.7. The summed E-state index contributed by atoms with van der Waals surface area (Å²) < 4.78 is 39.1. The number of aliphatic imine (C=N–C) groups is 1. The maximum Gasteiger partial charge on any atom is 0.401 e. The van der Waals surface area contributed by atoms with E-state index in [-0.39, 0.29) is 35.6 Å². The van der Waals surface area contributed by atoms with Crippen LogP contribution in [-0.4, -0.2) is 60.9 Å². The number of pyridine rings is 1. The van der Waals surface area contributed by atoms with E-state index in [0.29, 0.717) is 38.6 Å². The number of guanidine groups is 1. The largest absolute Gasteiger partial charge is 0.401 e. The molecule has 2 N–H and O–H groups in total. The highest BCUT2D eigenvalue weighted by atomic mass is 127. The first-order valence-electron chi connectivity index (χ1n) is 9.21. The summed E-state index contributed by atoms with van der Waals surface area (Å²) in [5.41, 5.74) is 0.947. The van der Waals surface area contributed by atoms with Crippen molar-refractivity contribution in [1.82, 2.24) is 20.1 Å². The average molecular weight is 515 g/mol. The summed E-state index contributed by atoms with van der Waals surface area (Å²) >= 11 is 0. The van der Waals surface area contributed by atoms with E-state index >= 15 is 0 Å². The number of aryl methyl sites for hydroxylation is 1. The number of nitrogens with one attached hydrogen (secondary N) is 2. The number of rotatable bonds is 7. The van der Waals surface area contributed by atoms with Crippen molar-refractivity contribution in [3.8, 4) is 0 Å². The maximum absolute atomic E-state index is 12.5. The zero-order valence-electron chi connectivity index (χ0n) is 16.3. The summed E-state index contributed by atoms with van der Waals surface area (Å²) in [5, 5.41) is 6.37. The summed E-state index contributed by atoms with van der Waals surface area (Å²) in [4.78, 5) is 17.4. The third kappa shape index (κ3) is 8.38. The SMILES string of the molecule is CN=C(NCCCCn1c(C)cccc1=O)NC1CCN(CC(F)(F)F)C1.I. The van der Waals surface area contributed by atoms with Gasteiger partial charge in [-0.3, -0.25) is 14.7 Å². The van der Waals surface area contributed by atoms with Gasteiger partial charge in [0.1, 0.15) is 0 Å². The molecule has 1 fully saturated rings. The molecule has 0 aromatic carbocycles. The lowest BCUT2D eigenvalue weighted by Crippen LogP contribution is -2.45. The molecule has 1 aromatic heterocycles. The van der Waals surface area contributed by atoms with Gasteiger partial charge in [0.05, 0.1) is 6.54 Å². The molecule has 28 heavy (non-hydrogen) atoms. The predicted molar refractivity (Wildman–Crippen MR) is 115 cm³/mol. The van der Waals surface area contributed by atoms with E-state index in [9.17, 15) is 18.0 Å². The van der Waals surface area contributed by atoms with Crippen molar-refractivity contribution in [2.45, 2.75) is 44.9 Å². The number of alkyl halides is 3. The highest BCUT2D eigenvalue weighted by Gasteiger charge is 2.34. The molecule has 10 heteroatoms. The van der Waals surface area contributed by atoms with Crippen molar-refractivity contribution in [2.75, 3.05) is 33.2 Å². The monoisotopic (exact) mass is 515 g/mol. The van der Waals surface area contributed by atoms with E-state index in [1.807, 2.05) is 13.0 Å². The van der Waals surface area contributed by atoms with Crippen LogP contribution in [0.1, 0.15) is 25.0 Å². The molecule has 1 aromatic rings. The normalized spacial score (nSPS) is 18.0. The van der Waals surface area contributed by atoms with Gasteiger partial charge in [0.2, 0.25) is 0 Å². The van der Waals surface area contributed by atoms with Gasteiger partial charge in [-0.2, -0.15) is 13.2 Å². The fourth-order valence-corrected chi connectivity index (χ4v) is 3.25. The fourth-order valence-electron chi connectivity index (χ4n) is 3.25. The first-order chi connectivity index (χ1) is 12.8. The Balaban J connectivity index is 0.00000392. The van der Waals surface area contributed by atoms with E-state index in [4.69, 9.17) is 0 Å². The lowest BCUT2D eigenvalue weighted by atomic mass is 10.2. The molecule has 0 aliphatic carbocycles. The summed E-state index contributed by atoms with van der Waals surface area (Å²) in [6, 6.07) is 5.18. The Kier molecular flexibility index (Phi) is 10.3. The number of hydrogen-bond acceptors (Lipinski definition) is 3. The minimum absolute atomic E-state index is 0. The molecule has 1 aliphatic rings. The Bertz CT molecular complexity index is 693. The molecular formula is C18H29F3IN5O. The second kappa shape index (κ2) is 11.6. The van der Waals surface area contributed by atoms with E-state index in [0.717, 1.165) is 18.5 Å². The van der Waals surface area contributed by atoms with Gasteiger partial charge < -0.3 is 15.2 Å². The molecule has 0 bridgehead atoms. The standard InChI is InChI=1S/C18H28F3N5O.HI/c1-14-6-5-7-16(27)26(14)10-4-3-9-23-17(22-2)24-15-8-11-25(12-15)13-18(19,20)21;/h5-7,15H,3-4,8-13H2,1-2H3,(H2,22,23,24);1H. The first-order valence-corrected chi connectivity index (χ1v) is 9.21. The van der Waals surface area contributed by atoms with Crippen LogP contribution >= 0.6 is 24.0 Å². The predicted octanol–water partition coefficient (Wildman–Crippen LogP) is 2.36. The Morgan fingerprint density at radius 1 is 1.32 bits per heavy atom. The number of aromatic nitrogens is 1. The van der Waals surface area contributed by atoms with Crippen LogP contribution in [0.15, 0.2) is 28.0 Å². The fraction of sp³-hybridized carbons (Fsp3) is 0.667. The van der Waals surface area contributed by atoms with Crippen LogP contribution in [0.25, 0.3) is 0 Å². The van der Waals surface area contributed by atoms with Crippen molar-refractivity contribution in [3.05, 3.63) is 34.2 Å². The Labute approximate surface area is 180 Å². The van der Waals surface area contributed by atoms with Crippen LogP contribution in [0, 0.1) is 6.92 Å². The molecule has 2 rings (SSSR count). The average Bonchev–Trinajstić information content (AvgIpc) is 3.00. The maximum atomic E-state index is 12.5. The van der Waals surface area contributed by atoms with Crippen LogP contribution in [-0.2, 0) is 6.54 Å². The smallest absolute Gasteiger partial charge is 0.356 e. The van der Waals surface area contributed by atoms with Gasteiger partial charge >= 0.3 is 6.18 Å². The molecule has 1 atom stereocenters. The van der Waals surface area contributed by atoms with E-state index < -0.39 is 12.7 Å². The molecule has 1 unspecified atom stereocenters. The zero-order chi connectivity index (χ0) is 19.9. The molecule has 1 saturated heterocycles. The molecule has 0 amide bonds. The van der Waals surface area contributed by atoms with Crippen molar-refractivity contribution < 1.29 is 13.2 Å². The Morgan fingerprint density at radius 3 is 2.71 bits per heavy atom. The van der Waals surface area contributed by atoms with Gasteiger partial charge in [-0.05, 0) is 32.3 Å². The minimum Gasteiger partial charge on any atom is -0.356 e. The van der Waals surface area contributed by atoms with Crippen molar-refractivity contribution >= 4 is 29.9 Å². The van der Waals surface area contributed by atoms with E-state index in [2.05, 4.69) is 15.6 Å². The third-order valence-electron chi connectivity index (χ3n) is 4.61. The number of halogens is 4. The molecule has 0 saturated carbocycles. The van der Waals surface area contributed by atoms with Crippen LogP contribution < -0.4 is 16.2 Å². The number of unbranched alkanes of at least 4 members (excludes halogenated alkanes) is 1. The second-order valence-electron chi connectivity index (χ2n) is 6.84. The van der Waals surface area contributed by atoms with Crippen molar-refractivity contribution in [1.29, 1.82) is 0 Å².